The fourth-order valence-electron chi connectivity index (χ4n) is 3.42. The Labute approximate surface area is 179 Å². The molecule has 1 aromatic carbocycles. The number of nitrogens with two attached hydrogens (primary N) is 1. The van der Waals surface area contributed by atoms with Crippen LogP contribution in [0.3, 0.4) is 0 Å². The number of rotatable bonds is 5. The van der Waals surface area contributed by atoms with Gasteiger partial charge in [-0.15, -0.1) is 24.8 Å². The molecule has 1 aromatic rings. The molecule has 0 spiro atoms. The minimum atomic E-state index is 0. The Morgan fingerprint density at radius 1 is 0.893 bits per heavy atom. The average molecular weight is 433 g/mol. The Kier molecular flexibility index (Phi) is 10.6. The van der Waals surface area contributed by atoms with Crippen LogP contribution >= 0.6 is 24.8 Å². The molecule has 0 saturated carbocycles. The molecular formula is C19H30Cl2N4O3. The Morgan fingerprint density at radius 2 is 1.50 bits per heavy atom. The van der Waals surface area contributed by atoms with E-state index in [1.54, 1.807) is 0 Å². The molecule has 0 atom stereocenters. The van der Waals surface area contributed by atoms with E-state index in [0.717, 1.165) is 24.3 Å². The number of piperazine rings is 1. The summed E-state index contributed by atoms with van der Waals surface area (Å²) in [5.41, 5.74) is 7.70. The van der Waals surface area contributed by atoms with Crippen molar-refractivity contribution in [3.63, 3.8) is 0 Å². The second-order valence-electron chi connectivity index (χ2n) is 6.85. The van der Waals surface area contributed by atoms with E-state index in [2.05, 4.69) is 4.90 Å². The van der Waals surface area contributed by atoms with Crippen LogP contribution in [0.25, 0.3) is 0 Å². The molecule has 0 aliphatic carbocycles. The number of nitrogens with zero attached hydrogens (tertiary/aromatic N) is 3. The Morgan fingerprint density at radius 3 is 2.14 bits per heavy atom. The van der Waals surface area contributed by atoms with Gasteiger partial charge in [0.1, 0.15) is 0 Å². The first-order valence-electron chi connectivity index (χ1n) is 9.32. The van der Waals surface area contributed by atoms with E-state index in [9.17, 15) is 9.59 Å². The van der Waals surface area contributed by atoms with Gasteiger partial charge in [-0.25, -0.2) is 0 Å². The topological polar surface area (TPSA) is 79.1 Å². The van der Waals surface area contributed by atoms with Gasteiger partial charge in [0.15, 0.2) is 0 Å². The summed E-state index contributed by atoms with van der Waals surface area (Å²) in [5, 5.41) is 0. The third-order valence-electron chi connectivity index (χ3n) is 5.11. The molecular weight excluding hydrogens is 403 g/mol. The molecule has 3 rings (SSSR count). The molecule has 28 heavy (non-hydrogen) atoms. The maximum atomic E-state index is 12.4. The number of hydrogen-bond acceptors (Lipinski definition) is 5. The number of ether oxygens (including phenoxy) is 1. The Hall–Kier alpha value is -1.54. The fraction of sp³-hybridized carbons (Fsp3) is 0.579. The maximum Gasteiger partial charge on any atom is 0.236 e. The third-order valence-corrected chi connectivity index (χ3v) is 5.11. The van der Waals surface area contributed by atoms with Crippen LogP contribution in [0.1, 0.15) is 12.0 Å². The normalized spacial score (nSPS) is 17.4. The van der Waals surface area contributed by atoms with E-state index in [1.165, 1.54) is 0 Å². The van der Waals surface area contributed by atoms with Gasteiger partial charge in [0, 0.05) is 51.4 Å². The molecule has 0 aromatic heterocycles. The van der Waals surface area contributed by atoms with Crippen molar-refractivity contribution < 1.29 is 14.3 Å². The smallest absolute Gasteiger partial charge is 0.236 e. The highest BCUT2D eigenvalue weighted by Crippen LogP contribution is 2.14. The highest BCUT2D eigenvalue weighted by atomic mass is 35.5. The summed E-state index contributed by atoms with van der Waals surface area (Å²) in [6.07, 6.45) is 1.14. The van der Waals surface area contributed by atoms with Crippen molar-refractivity contribution in [2.75, 3.05) is 64.8 Å². The van der Waals surface area contributed by atoms with Gasteiger partial charge in [0.2, 0.25) is 11.8 Å². The molecule has 0 bridgehead atoms. The van der Waals surface area contributed by atoms with Crippen LogP contribution in [-0.4, -0.2) is 85.5 Å². The van der Waals surface area contributed by atoms with E-state index < -0.39 is 0 Å². The van der Waals surface area contributed by atoms with E-state index in [0.29, 0.717) is 58.8 Å². The first-order valence-corrected chi connectivity index (χ1v) is 9.32. The molecule has 2 heterocycles. The molecule has 0 radical (unpaired) electrons. The van der Waals surface area contributed by atoms with Crippen LogP contribution in [0.5, 0.6) is 0 Å². The van der Waals surface area contributed by atoms with Crippen molar-refractivity contribution in [1.82, 2.24) is 14.7 Å². The molecule has 2 saturated heterocycles. The van der Waals surface area contributed by atoms with Crippen molar-refractivity contribution in [2.24, 2.45) is 0 Å². The number of carbonyl (C=O) groups is 2. The fourth-order valence-corrected chi connectivity index (χ4v) is 3.42. The second-order valence-corrected chi connectivity index (χ2v) is 6.85. The predicted octanol–water partition coefficient (Wildman–Crippen LogP) is 1.05. The summed E-state index contributed by atoms with van der Waals surface area (Å²) < 4.78 is 5.28. The van der Waals surface area contributed by atoms with Crippen molar-refractivity contribution in [3.05, 3.63) is 29.8 Å². The number of amides is 2. The number of benzene rings is 1. The summed E-state index contributed by atoms with van der Waals surface area (Å²) in [6, 6.07) is 7.68. The SMILES string of the molecule is Cl.Cl.Nc1ccccc1CCC(=O)N1CCN(CC(=O)N2CCOCC2)CC1. The van der Waals surface area contributed by atoms with Gasteiger partial charge in [-0.3, -0.25) is 14.5 Å². The number of halogens is 2. The lowest BCUT2D eigenvalue weighted by molar-refractivity contribution is -0.137. The van der Waals surface area contributed by atoms with Gasteiger partial charge >= 0.3 is 0 Å². The van der Waals surface area contributed by atoms with Crippen molar-refractivity contribution in [1.29, 1.82) is 0 Å². The molecule has 2 amide bonds. The molecule has 9 heteroatoms. The van der Waals surface area contributed by atoms with Gasteiger partial charge in [-0.05, 0) is 18.1 Å². The summed E-state index contributed by atoms with van der Waals surface area (Å²) in [4.78, 5) is 30.6. The van der Waals surface area contributed by atoms with Crippen molar-refractivity contribution in [2.45, 2.75) is 12.8 Å². The lowest BCUT2D eigenvalue weighted by Crippen LogP contribution is -2.52. The second kappa shape index (κ2) is 12.1. The summed E-state index contributed by atoms with van der Waals surface area (Å²) in [6.45, 7) is 5.89. The zero-order chi connectivity index (χ0) is 18.4. The van der Waals surface area contributed by atoms with Crippen LogP contribution in [0.2, 0.25) is 0 Å². The Bertz CT molecular complexity index is 633. The predicted molar refractivity (Wildman–Crippen MR) is 114 cm³/mol. The lowest BCUT2D eigenvalue weighted by atomic mass is 10.1. The quantitative estimate of drug-likeness (QED) is 0.703. The molecule has 2 N–H and O–H groups in total. The molecule has 158 valence electrons. The summed E-state index contributed by atoms with van der Waals surface area (Å²) >= 11 is 0. The number of para-hydroxylation sites is 1. The highest BCUT2D eigenvalue weighted by Gasteiger charge is 2.24. The van der Waals surface area contributed by atoms with E-state index in [-0.39, 0.29) is 36.6 Å². The first-order chi connectivity index (χ1) is 12.6. The van der Waals surface area contributed by atoms with E-state index in [1.807, 2.05) is 34.1 Å². The summed E-state index contributed by atoms with van der Waals surface area (Å²) in [5.74, 6) is 0.319. The number of nitrogen functional groups attached to an aromatic ring is 1. The van der Waals surface area contributed by atoms with Gasteiger partial charge < -0.3 is 20.3 Å². The zero-order valence-corrected chi connectivity index (χ0v) is 17.7. The molecule has 2 aliphatic rings. The number of hydrogen-bond donors (Lipinski definition) is 1. The van der Waals surface area contributed by atoms with Gasteiger partial charge in [0.05, 0.1) is 19.8 Å². The van der Waals surface area contributed by atoms with Gasteiger partial charge in [-0.2, -0.15) is 0 Å². The monoisotopic (exact) mass is 432 g/mol. The molecule has 2 aliphatic heterocycles. The Balaban J connectivity index is 0.00000196. The van der Waals surface area contributed by atoms with E-state index in [4.69, 9.17) is 10.5 Å². The number of carbonyl (C=O) groups excluding carboxylic acids is 2. The van der Waals surface area contributed by atoms with Crippen LogP contribution in [0, 0.1) is 0 Å². The first kappa shape index (κ1) is 24.5. The number of aryl methyl sites for hydroxylation is 1. The largest absolute Gasteiger partial charge is 0.399 e. The molecule has 7 nitrogen and oxygen atoms in total. The minimum absolute atomic E-state index is 0. The standard InChI is InChI=1S/C19H28N4O3.2ClH/c20-17-4-2-1-3-16(17)5-6-18(24)22-9-7-21(8-10-22)15-19(25)23-11-13-26-14-12-23;;/h1-4H,5-15,20H2;2*1H. The van der Waals surface area contributed by atoms with Crippen molar-refractivity contribution in [3.8, 4) is 0 Å². The number of morpholine rings is 1. The van der Waals surface area contributed by atoms with Crippen LogP contribution < -0.4 is 5.73 Å². The minimum Gasteiger partial charge on any atom is -0.399 e. The average Bonchev–Trinajstić information content (AvgIpc) is 2.68. The summed E-state index contributed by atoms with van der Waals surface area (Å²) in [7, 11) is 0. The molecule has 0 unspecified atom stereocenters. The third kappa shape index (κ3) is 6.81. The van der Waals surface area contributed by atoms with Gasteiger partial charge in [0.25, 0.3) is 0 Å². The maximum absolute atomic E-state index is 12.4. The van der Waals surface area contributed by atoms with Crippen LogP contribution in [0.4, 0.5) is 5.69 Å². The lowest BCUT2D eigenvalue weighted by Gasteiger charge is -2.36. The van der Waals surface area contributed by atoms with Crippen LogP contribution in [-0.2, 0) is 20.7 Å². The zero-order valence-electron chi connectivity index (χ0n) is 16.0. The van der Waals surface area contributed by atoms with Crippen LogP contribution in [0.15, 0.2) is 24.3 Å². The number of anilines is 1. The highest BCUT2D eigenvalue weighted by molar-refractivity contribution is 5.85. The van der Waals surface area contributed by atoms with Crippen molar-refractivity contribution >= 4 is 42.3 Å². The van der Waals surface area contributed by atoms with E-state index >= 15 is 0 Å². The van der Waals surface area contributed by atoms with Gasteiger partial charge in [-0.1, -0.05) is 18.2 Å². The molecule has 2 fully saturated rings.